The van der Waals surface area contributed by atoms with Crippen LogP contribution < -0.4 is 9.64 Å². The Morgan fingerprint density at radius 3 is 2.75 bits per heavy atom. The number of hydrogen-bond acceptors (Lipinski definition) is 5. The van der Waals surface area contributed by atoms with Crippen molar-refractivity contribution in [2.45, 2.75) is 0 Å². The summed E-state index contributed by atoms with van der Waals surface area (Å²) in [6.45, 7) is 2.99. The second-order valence-electron chi connectivity index (χ2n) is 4.42. The fourth-order valence-electron chi connectivity index (χ4n) is 2.26. The van der Waals surface area contributed by atoms with E-state index in [0.717, 1.165) is 40.0 Å². The highest BCUT2D eigenvalue weighted by atomic mass is 79.9. The molecule has 0 bridgehead atoms. The van der Waals surface area contributed by atoms with Crippen LogP contribution in [0.15, 0.2) is 16.6 Å². The third-order valence-corrected chi connectivity index (χ3v) is 4.02. The van der Waals surface area contributed by atoms with Crippen molar-refractivity contribution >= 4 is 44.3 Å². The van der Waals surface area contributed by atoms with Gasteiger partial charge in [0.2, 0.25) is 5.28 Å². The lowest BCUT2D eigenvalue weighted by molar-refractivity contribution is 0.122. The standard InChI is InChI=1S/C13H13BrClN3O2/c1-19-11-7-10-8(6-9(11)14)12(17-13(15)16-10)18-2-4-20-5-3-18/h6-7H,2-5H2,1H3. The maximum absolute atomic E-state index is 6.05. The van der Waals surface area contributed by atoms with Crippen molar-refractivity contribution in [3.8, 4) is 5.75 Å². The molecule has 1 fully saturated rings. The van der Waals surface area contributed by atoms with Gasteiger partial charge in [-0.2, -0.15) is 4.98 Å². The Morgan fingerprint density at radius 2 is 2.05 bits per heavy atom. The number of nitrogens with zero attached hydrogens (tertiary/aromatic N) is 3. The first-order valence-electron chi connectivity index (χ1n) is 6.22. The molecule has 0 unspecified atom stereocenters. The van der Waals surface area contributed by atoms with Gasteiger partial charge in [-0.3, -0.25) is 0 Å². The lowest BCUT2D eigenvalue weighted by Gasteiger charge is -2.28. The summed E-state index contributed by atoms with van der Waals surface area (Å²) in [4.78, 5) is 10.8. The summed E-state index contributed by atoms with van der Waals surface area (Å²) in [7, 11) is 1.62. The van der Waals surface area contributed by atoms with Crippen molar-refractivity contribution < 1.29 is 9.47 Å². The average molecular weight is 359 g/mol. The Morgan fingerprint density at radius 1 is 1.30 bits per heavy atom. The molecule has 0 spiro atoms. The number of ether oxygens (including phenoxy) is 2. The second kappa shape index (κ2) is 5.71. The molecule has 1 aliphatic heterocycles. The van der Waals surface area contributed by atoms with Crippen LogP contribution in [0.25, 0.3) is 10.9 Å². The van der Waals surface area contributed by atoms with Crippen molar-refractivity contribution in [2.24, 2.45) is 0 Å². The van der Waals surface area contributed by atoms with Gasteiger partial charge in [0.15, 0.2) is 0 Å². The molecule has 2 heterocycles. The minimum Gasteiger partial charge on any atom is -0.495 e. The fourth-order valence-corrected chi connectivity index (χ4v) is 2.94. The topological polar surface area (TPSA) is 47.5 Å². The lowest BCUT2D eigenvalue weighted by Crippen LogP contribution is -2.37. The first kappa shape index (κ1) is 13.9. The van der Waals surface area contributed by atoms with Crippen LogP contribution in [0.1, 0.15) is 0 Å². The Labute approximate surface area is 130 Å². The quantitative estimate of drug-likeness (QED) is 0.773. The molecular formula is C13H13BrClN3O2. The maximum Gasteiger partial charge on any atom is 0.224 e. The highest BCUT2D eigenvalue weighted by molar-refractivity contribution is 9.10. The zero-order valence-electron chi connectivity index (χ0n) is 10.9. The third-order valence-electron chi connectivity index (χ3n) is 3.23. The van der Waals surface area contributed by atoms with Crippen molar-refractivity contribution in [2.75, 3.05) is 38.3 Å². The Hall–Kier alpha value is -1.11. The molecule has 0 N–H and O–H groups in total. The van der Waals surface area contributed by atoms with E-state index in [1.807, 2.05) is 12.1 Å². The van der Waals surface area contributed by atoms with Gasteiger partial charge in [-0.1, -0.05) is 0 Å². The van der Waals surface area contributed by atoms with Gasteiger partial charge in [0, 0.05) is 24.5 Å². The van der Waals surface area contributed by atoms with E-state index in [2.05, 4.69) is 30.8 Å². The molecule has 0 saturated carbocycles. The highest BCUT2D eigenvalue weighted by Gasteiger charge is 2.18. The SMILES string of the molecule is COc1cc2nc(Cl)nc(N3CCOCC3)c2cc1Br. The summed E-state index contributed by atoms with van der Waals surface area (Å²) in [6, 6.07) is 3.83. The van der Waals surface area contributed by atoms with E-state index in [1.165, 1.54) is 0 Å². The molecule has 106 valence electrons. The molecule has 1 aromatic heterocycles. The smallest absolute Gasteiger partial charge is 0.224 e. The third kappa shape index (κ3) is 2.55. The van der Waals surface area contributed by atoms with E-state index in [4.69, 9.17) is 21.1 Å². The van der Waals surface area contributed by atoms with E-state index in [9.17, 15) is 0 Å². The van der Waals surface area contributed by atoms with E-state index >= 15 is 0 Å². The molecule has 3 rings (SSSR count). The summed E-state index contributed by atoms with van der Waals surface area (Å²) >= 11 is 9.54. The fraction of sp³-hybridized carbons (Fsp3) is 0.385. The van der Waals surface area contributed by atoms with Gasteiger partial charge >= 0.3 is 0 Å². The van der Waals surface area contributed by atoms with Gasteiger partial charge in [-0.15, -0.1) is 0 Å². The molecule has 0 aliphatic carbocycles. The minimum absolute atomic E-state index is 0.239. The van der Waals surface area contributed by atoms with Crippen LogP contribution in [0, 0.1) is 0 Å². The zero-order chi connectivity index (χ0) is 14.1. The van der Waals surface area contributed by atoms with Crippen molar-refractivity contribution in [1.82, 2.24) is 9.97 Å². The normalized spacial score (nSPS) is 15.7. The minimum atomic E-state index is 0.239. The number of anilines is 1. The monoisotopic (exact) mass is 357 g/mol. The molecule has 0 radical (unpaired) electrons. The van der Waals surface area contributed by atoms with Crippen molar-refractivity contribution in [1.29, 1.82) is 0 Å². The van der Waals surface area contributed by atoms with Crippen LogP contribution in [0.5, 0.6) is 5.75 Å². The molecule has 1 saturated heterocycles. The number of benzene rings is 1. The second-order valence-corrected chi connectivity index (χ2v) is 5.61. The molecule has 0 atom stereocenters. The molecule has 1 aromatic carbocycles. The Balaban J connectivity index is 2.17. The number of hydrogen-bond donors (Lipinski definition) is 0. The molecular weight excluding hydrogens is 346 g/mol. The van der Waals surface area contributed by atoms with Crippen LogP contribution in [0.4, 0.5) is 5.82 Å². The number of morpholine rings is 1. The van der Waals surface area contributed by atoms with Crippen LogP contribution in [-0.2, 0) is 4.74 Å². The summed E-state index contributed by atoms with van der Waals surface area (Å²) in [5.74, 6) is 1.56. The number of fused-ring (bicyclic) bond motifs is 1. The van der Waals surface area contributed by atoms with Crippen molar-refractivity contribution in [3.05, 3.63) is 21.9 Å². The van der Waals surface area contributed by atoms with E-state index < -0.39 is 0 Å². The van der Waals surface area contributed by atoms with Crippen LogP contribution in [0.2, 0.25) is 5.28 Å². The molecule has 5 nitrogen and oxygen atoms in total. The Bertz CT molecular complexity index is 647. The number of methoxy groups -OCH3 is 1. The molecule has 1 aliphatic rings. The summed E-state index contributed by atoms with van der Waals surface area (Å²) in [5.41, 5.74) is 0.770. The highest BCUT2D eigenvalue weighted by Crippen LogP contribution is 2.34. The Kier molecular flexibility index (Phi) is 3.96. The summed E-state index contributed by atoms with van der Waals surface area (Å²) in [6.07, 6.45) is 0. The first-order valence-corrected chi connectivity index (χ1v) is 7.39. The average Bonchev–Trinajstić information content (AvgIpc) is 2.47. The van der Waals surface area contributed by atoms with E-state index in [1.54, 1.807) is 7.11 Å². The predicted octanol–water partition coefficient (Wildman–Crippen LogP) is 2.89. The lowest BCUT2D eigenvalue weighted by atomic mass is 10.2. The summed E-state index contributed by atoms with van der Waals surface area (Å²) < 4.78 is 11.5. The van der Waals surface area contributed by atoms with Crippen LogP contribution >= 0.6 is 27.5 Å². The van der Waals surface area contributed by atoms with Crippen LogP contribution in [-0.4, -0.2) is 43.4 Å². The number of rotatable bonds is 2. The molecule has 20 heavy (non-hydrogen) atoms. The van der Waals surface area contributed by atoms with Gasteiger partial charge in [0.1, 0.15) is 11.6 Å². The van der Waals surface area contributed by atoms with Crippen LogP contribution in [0.3, 0.4) is 0 Å². The molecule has 7 heteroatoms. The van der Waals surface area contributed by atoms with Gasteiger partial charge in [-0.25, -0.2) is 4.98 Å². The maximum atomic E-state index is 6.05. The molecule has 0 amide bonds. The van der Waals surface area contributed by atoms with Gasteiger partial charge in [0.05, 0.1) is 30.3 Å². The predicted molar refractivity (Wildman–Crippen MR) is 81.8 cm³/mol. The van der Waals surface area contributed by atoms with Gasteiger partial charge < -0.3 is 14.4 Å². The van der Waals surface area contributed by atoms with Crippen molar-refractivity contribution in [3.63, 3.8) is 0 Å². The molecule has 2 aromatic rings. The first-order chi connectivity index (χ1) is 9.69. The number of halogens is 2. The van der Waals surface area contributed by atoms with E-state index in [0.29, 0.717) is 13.2 Å². The van der Waals surface area contributed by atoms with Gasteiger partial charge in [0.25, 0.3) is 0 Å². The summed E-state index contributed by atoms with van der Waals surface area (Å²) in [5, 5.41) is 1.19. The zero-order valence-corrected chi connectivity index (χ0v) is 13.2. The number of aromatic nitrogens is 2. The van der Waals surface area contributed by atoms with Gasteiger partial charge in [-0.05, 0) is 33.6 Å². The van der Waals surface area contributed by atoms with E-state index in [-0.39, 0.29) is 5.28 Å². The largest absolute Gasteiger partial charge is 0.495 e.